The van der Waals surface area contributed by atoms with Crippen LogP contribution in [-0.2, 0) is 17.1 Å². The molecular weight excluding hydrogens is 499 g/mol. The number of unbranched alkanes of at least 4 members (excludes halogenated alkanes) is 3. The molecule has 6 heteroatoms. The van der Waals surface area contributed by atoms with Crippen molar-refractivity contribution in [3.05, 3.63) is 6.92 Å². The average Bonchev–Trinajstić information content (AvgIpc) is 2.36. The van der Waals surface area contributed by atoms with Crippen LogP contribution < -0.4 is 0 Å². The molecule has 0 aromatic carbocycles. The van der Waals surface area contributed by atoms with Gasteiger partial charge < -0.3 is 0 Å². The topological polar surface area (TPSA) is 0 Å². The first-order chi connectivity index (χ1) is 9.18. The predicted molar refractivity (Wildman–Crippen MR) is 88.0 cm³/mol. The Kier molecular flexibility index (Phi) is 13.2. The Morgan fingerprint density at radius 1 is 0.857 bits per heavy atom. The monoisotopic (exact) mass is 528 g/mol. The van der Waals surface area contributed by atoms with Gasteiger partial charge in [-0.1, -0.05) is 0 Å². The molecule has 132 valence electrons. The van der Waals surface area contributed by atoms with Gasteiger partial charge in [-0.25, -0.2) is 0 Å². The summed E-state index contributed by atoms with van der Waals surface area (Å²) in [5.74, 6) is 0. The summed E-state index contributed by atoms with van der Waals surface area (Å²) in [6, 6.07) is 0. The molecule has 0 saturated carbocycles. The fourth-order valence-corrected chi connectivity index (χ4v) is 22.9. The molecule has 0 fully saturated rings. The summed E-state index contributed by atoms with van der Waals surface area (Å²) in [6.07, 6.45) is 1.44. The second-order valence-electron chi connectivity index (χ2n) is 5.89. The van der Waals surface area contributed by atoms with Crippen LogP contribution in [0.1, 0.15) is 59.3 Å². The smallest absolute Gasteiger partial charge is 1.00 e. The standard InChI is InChI=1S/3C4H9.C3H2BrF3.Cu.Sn/c3*1-3-4-2;1-2(4)3(5,6)7;;/h3*1,3-4H2,2H3;1H2;;/q;;;-1;+1;. The normalized spacial score (nSPS) is 15.4. The molecule has 0 N–H and O–H groups in total. The van der Waals surface area contributed by atoms with Crippen LogP contribution in [0.3, 0.4) is 0 Å². The van der Waals surface area contributed by atoms with Gasteiger partial charge in [0, 0.05) is 0 Å². The van der Waals surface area contributed by atoms with Crippen LogP contribution in [0.15, 0.2) is 0 Å². The molecule has 0 aliphatic heterocycles. The molecule has 0 spiro atoms. The summed E-state index contributed by atoms with van der Waals surface area (Å²) in [4.78, 5) is 0. The van der Waals surface area contributed by atoms with Crippen molar-refractivity contribution in [2.24, 2.45) is 0 Å². The second-order valence-corrected chi connectivity index (χ2v) is 23.4. The van der Waals surface area contributed by atoms with Gasteiger partial charge in [0.15, 0.2) is 0 Å². The fraction of sp³-hybridized carbons (Fsp3) is 0.933. The maximum atomic E-state index is 13.6. The Bertz CT molecular complexity index is 248. The Labute approximate surface area is 151 Å². The van der Waals surface area contributed by atoms with E-state index in [1.54, 1.807) is 0 Å². The van der Waals surface area contributed by atoms with Gasteiger partial charge >= 0.3 is 153 Å². The minimum absolute atomic E-state index is 0. The van der Waals surface area contributed by atoms with Crippen LogP contribution in [0.4, 0.5) is 13.2 Å². The van der Waals surface area contributed by atoms with Gasteiger partial charge in [-0.3, -0.25) is 0 Å². The van der Waals surface area contributed by atoms with E-state index in [1.165, 1.54) is 0 Å². The number of halogens is 4. The molecule has 0 radical (unpaired) electrons. The van der Waals surface area contributed by atoms with Crippen molar-refractivity contribution >= 4 is 34.3 Å². The Hall–Kier alpha value is 1.59. The van der Waals surface area contributed by atoms with Gasteiger partial charge in [-0.15, -0.1) is 0 Å². The van der Waals surface area contributed by atoms with Crippen LogP contribution in [0, 0.1) is 6.92 Å². The van der Waals surface area contributed by atoms with Crippen molar-refractivity contribution in [1.29, 1.82) is 0 Å². The van der Waals surface area contributed by atoms with E-state index in [0.717, 1.165) is 51.8 Å². The van der Waals surface area contributed by atoms with Gasteiger partial charge in [0.2, 0.25) is 0 Å². The zero-order chi connectivity index (χ0) is 15.9. The van der Waals surface area contributed by atoms with E-state index in [2.05, 4.69) is 43.6 Å². The van der Waals surface area contributed by atoms with Gasteiger partial charge in [0.25, 0.3) is 0 Å². The molecule has 1 unspecified atom stereocenters. The third kappa shape index (κ3) is 6.92. The fourth-order valence-electron chi connectivity index (χ4n) is 2.82. The van der Waals surface area contributed by atoms with E-state index in [9.17, 15) is 13.2 Å². The molecule has 0 aromatic heterocycles. The number of hydrogen-bond donors (Lipinski definition) is 0. The summed E-state index contributed by atoms with van der Waals surface area (Å²) in [5, 5.41) is 0. The minimum Gasteiger partial charge on any atom is 1.00 e. The molecule has 0 bridgehead atoms. The van der Waals surface area contributed by atoms with Gasteiger partial charge in [-0.2, -0.15) is 0 Å². The van der Waals surface area contributed by atoms with E-state index in [-0.39, 0.29) is 17.1 Å². The van der Waals surface area contributed by atoms with Crippen molar-refractivity contribution in [1.82, 2.24) is 0 Å². The zero-order valence-corrected chi connectivity index (χ0v) is 18.8. The van der Waals surface area contributed by atoms with E-state index in [0.29, 0.717) is 0 Å². The molecular formula is C15H29BrCuF3Sn. The van der Waals surface area contributed by atoms with Crippen LogP contribution in [0.5, 0.6) is 0 Å². The number of hydrogen-bond acceptors (Lipinski definition) is 0. The molecule has 0 rings (SSSR count). The quantitative estimate of drug-likeness (QED) is 0.164. The first kappa shape index (κ1) is 24.8. The molecule has 21 heavy (non-hydrogen) atoms. The minimum atomic E-state index is -4.22. The van der Waals surface area contributed by atoms with Crippen LogP contribution in [0.2, 0.25) is 13.3 Å². The van der Waals surface area contributed by atoms with Crippen LogP contribution >= 0.6 is 15.9 Å². The summed E-state index contributed by atoms with van der Waals surface area (Å²) < 4.78 is 41.2. The van der Waals surface area contributed by atoms with Crippen molar-refractivity contribution in [2.75, 3.05) is 0 Å². The molecule has 0 heterocycles. The van der Waals surface area contributed by atoms with E-state index in [1.807, 2.05) is 0 Å². The molecule has 0 amide bonds. The van der Waals surface area contributed by atoms with Gasteiger partial charge in [-0.05, 0) is 0 Å². The number of alkyl halides is 4. The third-order valence-electron chi connectivity index (χ3n) is 4.32. The van der Waals surface area contributed by atoms with Crippen molar-refractivity contribution in [3.8, 4) is 0 Å². The van der Waals surface area contributed by atoms with E-state index >= 15 is 0 Å². The third-order valence-corrected chi connectivity index (χ3v) is 27.2. The average molecular weight is 529 g/mol. The Morgan fingerprint density at radius 2 is 1.14 bits per heavy atom. The van der Waals surface area contributed by atoms with Crippen molar-refractivity contribution in [3.63, 3.8) is 0 Å². The number of rotatable bonds is 10. The molecule has 0 aromatic rings. The Morgan fingerprint density at radius 3 is 1.33 bits per heavy atom. The summed E-state index contributed by atoms with van der Waals surface area (Å²) in [7, 11) is 0. The SMILES string of the molecule is [CH2-][C](Br)(C(F)(F)F)[Sn]([CH2]CCC)([CH2]CCC)[CH2]CCC.[Cu+]. The molecule has 1 atom stereocenters. The van der Waals surface area contributed by atoms with Gasteiger partial charge in [0.05, 0.1) is 0 Å². The molecule has 0 saturated heterocycles. The molecule has 0 aliphatic carbocycles. The van der Waals surface area contributed by atoms with Crippen molar-refractivity contribution < 1.29 is 30.2 Å². The zero-order valence-electron chi connectivity index (χ0n) is 13.4. The summed E-state index contributed by atoms with van der Waals surface area (Å²) >= 11 is -0.366. The van der Waals surface area contributed by atoms with E-state index in [4.69, 9.17) is 0 Å². The summed E-state index contributed by atoms with van der Waals surface area (Å²) in [5.41, 5.74) is 0. The van der Waals surface area contributed by atoms with Crippen LogP contribution in [0.25, 0.3) is 0 Å². The largest absolute Gasteiger partial charge is 1.00 e. The first-order valence-electron chi connectivity index (χ1n) is 7.79. The van der Waals surface area contributed by atoms with Gasteiger partial charge in [0.1, 0.15) is 0 Å². The predicted octanol–water partition coefficient (Wildman–Crippen LogP) is 6.90. The second kappa shape index (κ2) is 11.2. The van der Waals surface area contributed by atoms with E-state index < -0.39 is 26.9 Å². The Balaban J connectivity index is 0. The van der Waals surface area contributed by atoms with Crippen molar-refractivity contribution in [2.45, 2.75) is 81.1 Å². The van der Waals surface area contributed by atoms with Crippen LogP contribution in [-0.4, -0.2) is 26.9 Å². The first-order valence-corrected chi connectivity index (χ1v) is 16.1. The summed E-state index contributed by atoms with van der Waals surface area (Å²) in [6.45, 7) is 9.83. The maximum absolute atomic E-state index is 13.6. The molecule has 0 nitrogen and oxygen atoms in total. The molecule has 0 aliphatic rings. The maximum Gasteiger partial charge on any atom is 1.00 e.